The number of anilines is 2. The molecule has 0 atom stereocenters. The first kappa shape index (κ1) is 18.1. The molecule has 29 heavy (non-hydrogen) atoms. The topological polar surface area (TPSA) is 138 Å². The third-order valence-electron chi connectivity index (χ3n) is 4.55. The molecule has 1 aliphatic heterocycles. The SMILES string of the molecule is Cc1cccc(N2C(=O)Cc3c(C(N)=O)nc(-c4ccc(N=[N+]=[N-])cc4)nc32)c1. The Labute approximate surface area is 165 Å². The van der Waals surface area contributed by atoms with Gasteiger partial charge in [0, 0.05) is 21.7 Å². The van der Waals surface area contributed by atoms with Crippen molar-refractivity contribution in [3.63, 3.8) is 0 Å². The summed E-state index contributed by atoms with van der Waals surface area (Å²) >= 11 is 0. The van der Waals surface area contributed by atoms with Crippen LogP contribution in [0.25, 0.3) is 21.8 Å². The summed E-state index contributed by atoms with van der Waals surface area (Å²) in [6.45, 7) is 1.93. The lowest BCUT2D eigenvalue weighted by Crippen LogP contribution is -2.21. The Hall–Kier alpha value is -4.23. The smallest absolute Gasteiger partial charge is 0.267 e. The van der Waals surface area contributed by atoms with Crippen LogP contribution in [-0.2, 0) is 11.2 Å². The number of azide groups is 1. The number of hydrogen-bond donors (Lipinski definition) is 1. The van der Waals surface area contributed by atoms with Gasteiger partial charge < -0.3 is 5.73 Å². The number of hydrogen-bond acceptors (Lipinski definition) is 5. The van der Waals surface area contributed by atoms with E-state index in [-0.39, 0.29) is 23.8 Å². The summed E-state index contributed by atoms with van der Waals surface area (Å²) in [6.07, 6.45) is -0.00233. The molecule has 9 heteroatoms. The molecule has 2 amide bonds. The van der Waals surface area contributed by atoms with Crippen LogP contribution in [0.2, 0.25) is 0 Å². The van der Waals surface area contributed by atoms with Crippen molar-refractivity contribution in [3.05, 3.63) is 75.8 Å². The fourth-order valence-electron chi connectivity index (χ4n) is 3.26. The number of benzene rings is 2. The van der Waals surface area contributed by atoms with Crippen molar-refractivity contribution in [1.29, 1.82) is 0 Å². The van der Waals surface area contributed by atoms with E-state index in [1.165, 1.54) is 4.90 Å². The normalized spacial score (nSPS) is 12.4. The fourth-order valence-corrected chi connectivity index (χ4v) is 3.26. The van der Waals surface area contributed by atoms with Gasteiger partial charge in [-0.1, -0.05) is 41.5 Å². The molecule has 142 valence electrons. The first-order chi connectivity index (χ1) is 14.0. The molecule has 3 aromatic rings. The van der Waals surface area contributed by atoms with Crippen molar-refractivity contribution in [2.24, 2.45) is 10.8 Å². The van der Waals surface area contributed by atoms with Gasteiger partial charge in [-0.3, -0.25) is 14.5 Å². The fraction of sp³-hybridized carbons (Fsp3) is 0.100. The number of aryl methyl sites for hydroxylation is 1. The van der Waals surface area contributed by atoms with E-state index < -0.39 is 5.91 Å². The van der Waals surface area contributed by atoms with E-state index in [1.54, 1.807) is 30.3 Å². The first-order valence-electron chi connectivity index (χ1n) is 8.74. The van der Waals surface area contributed by atoms with Crippen molar-refractivity contribution in [3.8, 4) is 11.4 Å². The lowest BCUT2D eigenvalue weighted by molar-refractivity contribution is -0.116. The van der Waals surface area contributed by atoms with Gasteiger partial charge >= 0.3 is 0 Å². The Morgan fingerprint density at radius 1 is 1.21 bits per heavy atom. The highest BCUT2D eigenvalue weighted by Gasteiger charge is 2.35. The second kappa shape index (κ2) is 7.06. The van der Waals surface area contributed by atoms with Crippen LogP contribution in [0.3, 0.4) is 0 Å². The summed E-state index contributed by atoms with van der Waals surface area (Å²) in [5.41, 5.74) is 17.2. The molecule has 1 aliphatic rings. The molecule has 0 bridgehead atoms. The Balaban J connectivity index is 1.89. The lowest BCUT2D eigenvalue weighted by Gasteiger charge is -2.18. The molecule has 2 aromatic carbocycles. The van der Waals surface area contributed by atoms with Crippen LogP contribution < -0.4 is 10.6 Å². The maximum Gasteiger partial charge on any atom is 0.267 e. The predicted molar refractivity (Wildman–Crippen MR) is 107 cm³/mol. The van der Waals surface area contributed by atoms with Crippen molar-refractivity contribution in [2.75, 3.05) is 4.90 Å². The highest BCUT2D eigenvalue weighted by molar-refractivity contribution is 6.09. The summed E-state index contributed by atoms with van der Waals surface area (Å²) in [5.74, 6) is -0.344. The van der Waals surface area contributed by atoms with Gasteiger partial charge in [0.25, 0.3) is 5.91 Å². The van der Waals surface area contributed by atoms with Gasteiger partial charge in [-0.15, -0.1) is 0 Å². The van der Waals surface area contributed by atoms with Crippen LogP contribution in [0.15, 0.2) is 53.6 Å². The quantitative estimate of drug-likeness (QED) is 0.415. The molecule has 2 heterocycles. The van der Waals surface area contributed by atoms with E-state index in [4.69, 9.17) is 11.3 Å². The van der Waals surface area contributed by atoms with Gasteiger partial charge in [0.1, 0.15) is 11.5 Å². The van der Waals surface area contributed by atoms with Crippen molar-refractivity contribution < 1.29 is 9.59 Å². The molecule has 1 aromatic heterocycles. The molecule has 0 aliphatic carbocycles. The van der Waals surface area contributed by atoms with E-state index in [2.05, 4.69) is 20.0 Å². The van der Waals surface area contributed by atoms with Gasteiger partial charge in [0.05, 0.1) is 12.1 Å². The second-order valence-electron chi connectivity index (χ2n) is 6.54. The summed E-state index contributed by atoms with van der Waals surface area (Å²) in [5, 5.41) is 3.53. The number of primary amides is 1. The largest absolute Gasteiger partial charge is 0.364 e. The second-order valence-corrected chi connectivity index (χ2v) is 6.54. The van der Waals surface area contributed by atoms with Crippen LogP contribution in [0.1, 0.15) is 21.6 Å². The Morgan fingerprint density at radius 2 is 1.97 bits per heavy atom. The molecule has 0 fully saturated rings. The molecule has 2 N–H and O–H groups in total. The number of amides is 2. The number of fused-ring (bicyclic) bond motifs is 1. The molecule has 9 nitrogen and oxygen atoms in total. The van der Waals surface area contributed by atoms with E-state index in [9.17, 15) is 9.59 Å². The Kier molecular flexibility index (Phi) is 4.42. The van der Waals surface area contributed by atoms with Gasteiger partial charge in [0.15, 0.2) is 5.82 Å². The van der Waals surface area contributed by atoms with Crippen molar-refractivity contribution >= 4 is 29.0 Å². The molecule has 0 saturated carbocycles. The van der Waals surface area contributed by atoms with Crippen LogP contribution in [0.5, 0.6) is 0 Å². The van der Waals surface area contributed by atoms with Crippen LogP contribution in [0, 0.1) is 6.92 Å². The molecular formula is C20H15N7O2. The summed E-state index contributed by atoms with van der Waals surface area (Å²) in [7, 11) is 0. The first-order valence-corrected chi connectivity index (χ1v) is 8.74. The highest BCUT2D eigenvalue weighted by atomic mass is 16.2. The highest BCUT2D eigenvalue weighted by Crippen LogP contribution is 2.37. The molecule has 0 spiro atoms. The number of rotatable bonds is 4. The predicted octanol–water partition coefficient (Wildman–Crippen LogP) is 3.71. The zero-order valence-corrected chi connectivity index (χ0v) is 15.4. The Bertz CT molecular complexity index is 1200. The summed E-state index contributed by atoms with van der Waals surface area (Å²) in [6, 6.07) is 14.0. The monoisotopic (exact) mass is 385 g/mol. The minimum atomic E-state index is -0.727. The maximum absolute atomic E-state index is 12.7. The third kappa shape index (κ3) is 3.26. The molecule has 0 radical (unpaired) electrons. The maximum atomic E-state index is 12.7. The minimum absolute atomic E-state index is 0.00233. The number of nitrogens with two attached hydrogens (primary N) is 1. The van der Waals surface area contributed by atoms with E-state index >= 15 is 0 Å². The van der Waals surface area contributed by atoms with E-state index in [0.29, 0.717) is 28.3 Å². The van der Waals surface area contributed by atoms with Crippen molar-refractivity contribution in [2.45, 2.75) is 13.3 Å². The summed E-state index contributed by atoms with van der Waals surface area (Å²) < 4.78 is 0. The standard InChI is InChI=1S/C20H15N7O2/c1-11-3-2-4-14(9-11)27-16(28)10-15-17(18(21)29)23-19(24-20(15)27)12-5-7-13(8-6-12)25-26-22/h2-9H,10H2,1H3,(H2,21,29). The number of nitrogens with zero attached hydrogens (tertiary/aromatic N) is 6. The van der Waals surface area contributed by atoms with Crippen LogP contribution in [0.4, 0.5) is 17.2 Å². The minimum Gasteiger partial charge on any atom is -0.364 e. The zero-order valence-electron chi connectivity index (χ0n) is 15.4. The van der Waals surface area contributed by atoms with Crippen molar-refractivity contribution in [1.82, 2.24) is 9.97 Å². The number of aromatic nitrogens is 2. The molecular weight excluding hydrogens is 370 g/mol. The number of carbonyl (C=O) groups excluding carboxylic acids is 2. The van der Waals surface area contributed by atoms with Gasteiger partial charge in [-0.25, -0.2) is 9.97 Å². The van der Waals surface area contributed by atoms with Gasteiger partial charge in [0.2, 0.25) is 5.91 Å². The van der Waals surface area contributed by atoms with E-state index in [0.717, 1.165) is 5.56 Å². The third-order valence-corrected chi connectivity index (χ3v) is 4.55. The van der Waals surface area contributed by atoms with Crippen LogP contribution >= 0.6 is 0 Å². The number of carbonyl (C=O) groups is 2. The van der Waals surface area contributed by atoms with E-state index in [1.807, 2.05) is 25.1 Å². The Morgan fingerprint density at radius 3 is 2.62 bits per heavy atom. The van der Waals surface area contributed by atoms with Gasteiger partial charge in [-0.2, -0.15) is 0 Å². The molecule has 4 rings (SSSR count). The van der Waals surface area contributed by atoms with Gasteiger partial charge in [-0.05, 0) is 30.2 Å². The lowest BCUT2D eigenvalue weighted by atomic mass is 10.1. The molecule has 0 unspecified atom stereocenters. The average Bonchev–Trinajstić information content (AvgIpc) is 3.03. The molecule has 0 saturated heterocycles. The summed E-state index contributed by atoms with van der Waals surface area (Å²) in [4.78, 5) is 37.9. The van der Waals surface area contributed by atoms with Crippen LogP contribution in [-0.4, -0.2) is 21.8 Å². The zero-order chi connectivity index (χ0) is 20.5. The average molecular weight is 385 g/mol.